The molecular weight excluding hydrogens is 424 g/mol. The van der Waals surface area contributed by atoms with E-state index in [1.54, 1.807) is 10.4 Å². The molecule has 1 aromatic heterocycles. The van der Waals surface area contributed by atoms with Crippen LogP contribution in [0, 0.1) is 5.41 Å². The Morgan fingerprint density at radius 2 is 1.62 bits per heavy atom. The molecule has 32 heavy (non-hydrogen) atoms. The van der Waals surface area contributed by atoms with Gasteiger partial charge in [0.25, 0.3) is 0 Å². The number of anilines is 1. The minimum absolute atomic E-state index is 0.113. The van der Waals surface area contributed by atoms with Crippen LogP contribution in [-0.2, 0) is 21.3 Å². The van der Waals surface area contributed by atoms with Crippen molar-refractivity contribution >= 4 is 15.8 Å². The van der Waals surface area contributed by atoms with Crippen LogP contribution in [0.2, 0.25) is 0 Å². The Balaban J connectivity index is 1.20. The molecule has 3 aliphatic rings. The highest BCUT2D eigenvalue weighted by Gasteiger charge is 2.44. The molecule has 1 aromatic carbocycles. The summed E-state index contributed by atoms with van der Waals surface area (Å²) in [6, 6.07) is 14.1. The molecule has 0 bridgehead atoms. The summed E-state index contributed by atoms with van der Waals surface area (Å²) in [6.07, 6.45) is 4.58. The number of sulfonamides is 1. The molecule has 0 amide bonds. The highest BCUT2D eigenvalue weighted by molar-refractivity contribution is 7.89. The van der Waals surface area contributed by atoms with Crippen LogP contribution in [0.15, 0.2) is 53.6 Å². The smallest absolute Gasteiger partial charge is 0.244 e. The molecule has 4 heterocycles. The molecule has 2 aromatic rings. The van der Waals surface area contributed by atoms with Crippen molar-refractivity contribution in [1.29, 1.82) is 0 Å². The second-order valence-corrected chi connectivity index (χ2v) is 11.2. The fourth-order valence-electron chi connectivity index (χ4n) is 5.19. The summed E-state index contributed by atoms with van der Waals surface area (Å²) in [7, 11) is -3.51. The quantitative estimate of drug-likeness (QED) is 0.689. The zero-order valence-corrected chi connectivity index (χ0v) is 19.3. The standard InChI is InChI=1S/C24H32N4O3S/c29-32(30,22-6-7-23(25-18-22)27-14-16-31-17-15-27)28-13-10-24(20-28)8-11-26(12-9-24)19-21-4-2-1-3-5-21/h1-7,18H,8-17,19-20H2. The van der Waals surface area contributed by atoms with Gasteiger partial charge in [0.15, 0.2) is 0 Å². The Morgan fingerprint density at radius 1 is 0.906 bits per heavy atom. The SMILES string of the molecule is O=S(=O)(c1ccc(N2CCOCC2)nc1)N1CCC2(CCN(Cc3ccccc3)CC2)C1. The number of hydrogen-bond donors (Lipinski definition) is 0. The highest BCUT2D eigenvalue weighted by Crippen LogP contribution is 2.42. The minimum Gasteiger partial charge on any atom is -0.378 e. The van der Waals surface area contributed by atoms with Crippen molar-refractivity contribution in [2.75, 3.05) is 57.4 Å². The number of hydrogen-bond acceptors (Lipinski definition) is 6. The summed E-state index contributed by atoms with van der Waals surface area (Å²) in [5.74, 6) is 0.816. The van der Waals surface area contributed by atoms with E-state index in [2.05, 4.69) is 39.0 Å². The first-order valence-corrected chi connectivity index (χ1v) is 13.0. The number of likely N-dealkylation sites (tertiary alicyclic amines) is 1. The summed E-state index contributed by atoms with van der Waals surface area (Å²) in [5.41, 5.74) is 1.45. The van der Waals surface area contributed by atoms with Gasteiger partial charge in [-0.05, 0) is 55.5 Å². The monoisotopic (exact) mass is 456 g/mol. The fourth-order valence-corrected chi connectivity index (χ4v) is 6.69. The number of morpholine rings is 1. The van der Waals surface area contributed by atoms with E-state index in [0.29, 0.717) is 31.2 Å². The second kappa shape index (κ2) is 9.09. The molecule has 0 saturated carbocycles. The lowest BCUT2D eigenvalue weighted by Crippen LogP contribution is -2.42. The number of piperidine rings is 1. The summed E-state index contributed by atoms with van der Waals surface area (Å²) < 4.78 is 33.7. The van der Waals surface area contributed by atoms with Gasteiger partial charge in [0.1, 0.15) is 10.7 Å². The van der Waals surface area contributed by atoms with Crippen LogP contribution in [0.1, 0.15) is 24.8 Å². The van der Waals surface area contributed by atoms with Gasteiger partial charge in [-0.2, -0.15) is 4.31 Å². The number of rotatable bonds is 5. The van der Waals surface area contributed by atoms with Crippen molar-refractivity contribution in [3.05, 3.63) is 54.2 Å². The Labute approximate surface area is 191 Å². The van der Waals surface area contributed by atoms with Crippen LogP contribution in [0.4, 0.5) is 5.82 Å². The van der Waals surface area contributed by atoms with Crippen molar-refractivity contribution in [1.82, 2.24) is 14.2 Å². The van der Waals surface area contributed by atoms with Gasteiger partial charge in [-0.15, -0.1) is 0 Å². The Kier molecular flexibility index (Phi) is 6.20. The van der Waals surface area contributed by atoms with Crippen molar-refractivity contribution in [3.8, 4) is 0 Å². The normalized spacial score (nSPS) is 22.4. The molecule has 0 unspecified atom stereocenters. The molecular formula is C24H32N4O3S. The van der Waals surface area contributed by atoms with Gasteiger partial charge in [-0.3, -0.25) is 4.90 Å². The first-order valence-electron chi connectivity index (χ1n) is 11.6. The predicted octanol–water partition coefficient (Wildman–Crippen LogP) is 2.60. The zero-order chi connectivity index (χ0) is 22.0. The first-order chi connectivity index (χ1) is 15.5. The van der Waals surface area contributed by atoms with E-state index >= 15 is 0 Å². The molecule has 1 spiro atoms. The summed E-state index contributed by atoms with van der Waals surface area (Å²) >= 11 is 0. The average Bonchev–Trinajstić information content (AvgIpc) is 3.27. The van der Waals surface area contributed by atoms with Gasteiger partial charge in [0.2, 0.25) is 10.0 Å². The topological polar surface area (TPSA) is 66.0 Å². The van der Waals surface area contributed by atoms with E-state index in [-0.39, 0.29) is 5.41 Å². The van der Waals surface area contributed by atoms with Gasteiger partial charge in [-0.25, -0.2) is 13.4 Å². The Bertz CT molecular complexity index is 999. The van der Waals surface area contributed by atoms with Crippen LogP contribution in [0.25, 0.3) is 0 Å². The maximum absolute atomic E-state index is 13.3. The molecule has 172 valence electrons. The third-order valence-corrected chi connectivity index (χ3v) is 9.09. The van der Waals surface area contributed by atoms with E-state index in [9.17, 15) is 8.42 Å². The lowest BCUT2D eigenvalue weighted by Gasteiger charge is -2.39. The first kappa shape index (κ1) is 21.8. The minimum atomic E-state index is -3.51. The molecule has 0 N–H and O–H groups in total. The molecule has 5 rings (SSSR count). The third-order valence-electron chi connectivity index (χ3n) is 7.26. The van der Waals surface area contributed by atoms with Crippen LogP contribution in [-0.4, -0.2) is 75.1 Å². The van der Waals surface area contributed by atoms with Gasteiger partial charge >= 0.3 is 0 Å². The molecule has 3 saturated heterocycles. The van der Waals surface area contributed by atoms with Gasteiger partial charge in [0.05, 0.1) is 13.2 Å². The predicted molar refractivity (Wildman–Crippen MR) is 124 cm³/mol. The zero-order valence-electron chi connectivity index (χ0n) is 18.5. The van der Waals surface area contributed by atoms with Crippen molar-refractivity contribution in [3.63, 3.8) is 0 Å². The Hall–Kier alpha value is -2.00. The average molecular weight is 457 g/mol. The van der Waals surface area contributed by atoms with E-state index in [4.69, 9.17) is 4.74 Å². The summed E-state index contributed by atoms with van der Waals surface area (Å²) in [5, 5.41) is 0. The lowest BCUT2D eigenvalue weighted by atomic mass is 9.78. The van der Waals surface area contributed by atoms with Crippen LogP contribution in [0.5, 0.6) is 0 Å². The van der Waals surface area contributed by atoms with Gasteiger partial charge < -0.3 is 9.64 Å². The van der Waals surface area contributed by atoms with Crippen molar-refractivity contribution < 1.29 is 13.2 Å². The Morgan fingerprint density at radius 3 is 2.31 bits per heavy atom. The van der Waals surface area contributed by atoms with Crippen molar-refractivity contribution in [2.24, 2.45) is 5.41 Å². The van der Waals surface area contributed by atoms with E-state index in [1.165, 1.54) is 11.8 Å². The van der Waals surface area contributed by atoms with E-state index < -0.39 is 10.0 Å². The molecule has 0 radical (unpaired) electrons. The molecule has 3 aliphatic heterocycles. The van der Waals surface area contributed by atoms with Crippen LogP contribution >= 0.6 is 0 Å². The molecule has 8 heteroatoms. The maximum atomic E-state index is 13.3. The van der Waals surface area contributed by atoms with Gasteiger partial charge in [-0.1, -0.05) is 30.3 Å². The van der Waals surface area contributed by atoms with E-state index in [1.807, 2.05) is 12.1 Å². The maximum Gasteiger partial charge on any atom is 0.244 e. The third kappa shape index (κ3) is 4.55. The van der Waals surface area contributed by atoms with Crippen LogP contribution < -0.4 is 4.90 Å². The lowest BCUT2D eigenvalue weighted by molar-refractivity contribution is 0.109. The second-order valence-electron chi connectivity index (χ2n) is 9.30. The number of benzene rings is 1. The highest BCUT2D eigenvalue weighted by atomic mass is 32.2. The summed E-state index contributed by atoms with van der Waals surface area (Å²) in [4.78, 5) is 9.38. The number of pyridine rings is 1. The van der Waals surface area contributed by atoms with Crippen molar-refractivity contribution in [2.45, 2.75) is 30.7 Å². The number of aromatic nitrogens is 1. The van der Waals surface area contributed by atoms with Crippen LogP contribution in [0.3, 0.4) is 0 Å². The number of ether oxygens (including phenoxy) is 1. The summed E-state index contributed by atoms with van der Waals surface area (Å²) in [6.45, 7) is 7.19. The molecule has 7 nitrogen and oxygen atoms in total. The molecule has 0 atom stereocenters. The largest absolute Gasteiger partial charge is 0.378 e. The number of nitrogens with zero attached hydrogens (tertiary/aromatic N) is 4. The van der Waals surface area contributed by atoms with E-state index in [0.717, 1.165) is 57.8 Å². The molecule has 3 fully saturated rings. The fraction of sp³-hybridized carbons (Fsp3) is 0.542. The van der Waals surface area contributed by atoms with Gasteiger partial charge in [0, 0.05) is 38.9 Å². The molecule has 0 aliphatic carbocycles.